The molecule has 4 heteroatoms. The molecule has 0 spiro atoms. The van der Waals surface area contributed by atoms with Crippen molar-refractivity contribution in [3.63, 3.8) is 0 Å². The van der Waals surface area contributed by atoms with Crippen LogP contribution in [0, 0.1) is 17.8 Å². The van der Waals surface area contributed by atoms with Crippen molar-refractivity contribution in [3.05, 3.63) is 24.8 Å². The molecule has 0 aromatic rings. The lowest BCUT2D eigenvalue weighted by atomic mass is 9.94. The molecular weight excluding hydrogens is 208 g/mol. The number of carbonyl (C=O) groups is 2. The molecule has 3 atom stereocenters. The van der Waals surface area contributed by atoms with Gasteiger partial charge >= 0.3 is 11.9 Å². The highest BCUT2D eigenvalue weighted by Gasteiger charge is 2.40. The van der Waals surface area contributed by atoms with Gasteiger partial charge in [0.05, 0.1) is 5.92 Å². The van der Waals surface area contributed by atoms with Crippen molar-refractivity contribution < 1.29 is 19.1 Å². The summed E-state index contributed by atoms with van der Waals surface area (Å²) >= 11 is 0. The quantitative estimate of drug-likeness (QED) is 0.312. The van der Waals surface area contributed by atoms with Gasteiger partial charge in [0.15, 0.2) is 0 Å². The third-order valence-electron chi connectivity index (χ3n) is 3.15. The van der Waals surface area contributed by atoms with Crippen LogP contribution in [0.2, 0.25) is 0 Å². The van der Waals surface area contributed by atoms with Crippen molar-refractivity contribution in [3.8, 4) is 0 Å². The lowest BCUT2D eigenvalue weighted by Crippen LogP contribution is -2.23. The van der Waals surface area contributed by atoms with Gasteiger partial charge in [-0.25, -0.2) is 4.79 Å². The average Bonchev–Trinajstić information content (AvgIpc) is 2.90. The van der Waals surface area contributed by atoms with Gasteiger partial charge in [-0.1, -0.05) is 18.7 Å². The smallest absolute Gasteiger partial charge is 0.333 e. The van der Waals surface area contributed by atoms with Gasteiger partial charge < -0.3 is 9.47 Å². The van der Waals surface area contributed by atoms with E-state index in [0.717, 1.165) is 18.9 Å². The van der Waals surface area contributed by atoms with Gasteiger partial charge in [-0.2, -0.15) is 0 Å². The molecule has 0 N–H and O–H groups in total. The zero-order chi connectivity index (χ0) is 11.5. The van der Waals surface area contributed by atoms with E-state index in [1.807, 2.05) is 0 Å². The number of hydrogen-bond acceptors (Lipinski definition) is 4. The molecule has 0 aliphatic heterocycles. The normalized spacial score (nSPS) is 30.1. The maximum atomic E-state index is 11.6. The summed E-state index contributed by atoms with van der Waals surface area (Å²) in [6, 6.07) is 0. The van der Waals surface area contributed by atoms with Crippen LogP contribution in [-0.4, -0.2) is 18.7 Å². The lowest BCUT2D eigenvalue weighted by Gasteiger charge is -2.16. The van der Waals surface area contributed by atoms with Crippen LogP contribution in [0.15, 0.2) is 24.8 Å². The van der Waals surface area contributed by atoms with Crippen molar-refractivity contribution in [2.24, 2.45) is 17.8 Å². The standard InChI is InChI=1S/C12H14O4/c1-2-11(13)15-7-16-12(14)10-6-8-3-4-9(10)5-8/h2-4,8-10H,1,5-7H2. The highest BCUT2D eigenvalue weighted by Crippen LogP contribution is 2.43. The SMILES string of the molecule is C=CC(=O)OCOC(=O)C1CC2C=CC1C2. The van der Waals surface area contributed by atoms with Gasteiger partial charge in [0.1, 0.15) is 0 Å². The number of fused-ring (bicyclic) bond motifs is 2. The molecule has 16 heavy (non-hydrogen) atoms. The summed E-state index contributed by atoms with van der Waals surface area (Å²) in [5.41, 5.74) is 0. The van der Waals surface area contributed by atoms with Gasteiger partial charge in [0.25, 0.3) is 0 Å². The minimum absolute atomic E-state index is 0.0579. The van der Waals surface area contributed by atoms with Crippen LogP contribution in [0.4, 0.5) is 0 Å². The first-order chi connectivity index (χ1) is 7.70. The van der Waals surface area contributed by atoms with Crippen molar-refractivity contribution in [2.45, 2.75) is 12.8 Å². The maximum absolute atomic E-state index is 11.6. The largest absolute Gasteiger partial charge is 0.428 e. The molecule has 2 rings (SSSR count). The third kappa shape index (κ3) is 2.15. The minimum Gasteiger partial charge on any atom is -0.428 e. The molecule has 2 aliphatic rings. The van der Waals surface area contributed by atoms with E-state index < -0.39 is 5.97 Å². The van der Waals surface area contributed by atoms with Gasteiger partial charge in [-0.3, -0.25) is 4.79 Å². The van der Waals surface area contributed by atoms with Gasteiger partial charge in [-0.05, 0) is 24.7 Å². The van der Waals surface area contributed by atoms with Crippen LogP contribution < -0.4 is 0 Å². The minimum atomic E-state index is -0.583. The second kappa shape index (κ2) is 4.51. The zero-order valence-corrected chi connectivity index (χ0v) is 8.93. The number of carbonyl (C=O) groups excluding carboxylic acids is 2. The summed E-state index contributed by atoms with van der Waals surface area (Å²) in [7, 11) is 0. The third-order valence-corrected chi connectivity index (χ3v) is 3.15. The van der Waals surface area contributed by atoms with Gasteiger partial charge in [0.2, 0.25) is 6.79 Å². The highest BCUT2D eigenvalue weighted by molar-refractivity contribution is 5.81. The van der Waals surface area contributed by atoms with E-state index in [-0.39, 0.29) is 18.7 Å². The molecule has 86 valence electrons. The molecule has 0 heterocycles. The van der Waals surface area contributed by atoms with E-state index in [2.05, 4.69) is 23.5 Å². The lowest BCUT2D eigenvalue weighted by molar-refractivity contribution is -0.167. The molecule has 0 radical (unpaired) electrons. The summed E-state index contributed by atoms with van der Waals surface area (Å²) in [4.78, 5) is 22.3. The second-order valence-electron chi connectivity index (χ2n) is 4.14. The molecule has 2 bridgehead atoms. The van der Waals surface area contributed by atoms with Gasteiger partial charge in [0, 0.05) is 6.08 Å². The first kappa shape index (κ1) is 10.9. The fraction of sp³-hybridized carbons (Fsp3) is 0.500. The number of allylic oxidation sites excluding steroid dienone is 2. The zero-order valence-electron chi connectivity index (χ0n) is 8.93. The molecule has 4 nitrogen and oxygen atoms in total. The van der Waals surface area contributed by atoms with Crippen molar-refractivity contribution in [2.75, 3.05) is 6.79 Å². The molecule has 0 aromatic carbocycles. The molecular formula is C12H14O4. The average molecular weight is 222 g/mol. The van der Waals surface area contributed by atoms with Crippen LogP contribution in [0.25, 0.3) is 0 Å². The molecule has 0 amide bonds. The predicted octanol–water partition coefficient (Wildman–Crippen LogP) is 1.43. The summed E-state index contributed by atoms with van der Waals surface area (Å²) in [6.45, 7) is 2.92. The maximum Gasteiger partial charge on any atom is 0.333 e. The second-order valence-corrected chi connectivity index (χ2v) is 4.14. The molecule has 1 saturated carbocycles. The van der Waals surface area contributed by atoms with Crippen molar-refractivity contribution in [1.82, 2.24) is 0 Å². The fourth-order valence-corrected chi connectivity index (χ4v) is 2.36. The monoisotopic (exact) mass is 222 g/mol. The fourth-order valence-electron chi connectivity index (χ4n) is 2.36. The summed E-state index contributed by atoms with van der Waals surface area (Å²) in [5.74, 6) is -0.0716. The van der Waals surface area contributed by atoms with Gasteiger partial charge in [-0.15, -0.1) is 0 Å². The molecule has 3 unspecified atom stereocenters. The Labute approximate surface area is 93.9 Å². The van der Waals surface area contributed by atoms with E-state index in [9.17, 15) is 9.59 Å². The Morgan fingerprint density at radius 3 is 2.69 bits per heavy atom. The van der Waals surface area contributed by atoms with E-state index in [1.54, 1.807) is 0 Å². The molecule has 2 aliphatic carbocycles. The Balaban J connectivity index is 1.75. The first-order valence-corrected chi connectivity index (χ1v) is 5.35. The van der Waals surface area contributed by atoms with E-state index in [0.29, 0.717) is 11.8 Å². The topological polar surface area (TPSA) is 52.6 Å². The predicted molar refractivity (Wildman–Crippen MR) is 56.1 cm³/mol. The van der Waals surface area contributed by atoms with Crippen LogP contribution in [0.1, 0.15) is 12.8 Å². The number of esters is 2. The highest BCUT2D eigenvalue weighted by atomic mass is 16.7. The Kier molecular flexibility index (Phi) is 3.08. The van der Waals surface area contributed by atoms with Crippen LogP contribution in [-0.2, 0) is 19.1 Å². The Hall–Kier alpha value is -1.58. The van der Waals surface area contributed by atoms with E-state index in [4.69, 9.17) is 4.74 Å². The first-order valence-electron chi connectivity index (χ1n) is 5.35. The Bertz CT molecular complexity index is 345. The summed E-state index contributed by atoms with van der Waals surface area (Å²) < 4.78 is 9.47. The number of ether oxygens (including phenoxy) is 2. The van der Waals surface area contributed by atoms with E-state index in [1.165, 1.54) is 0 Å². The van der Waals surface area contributed by atoms with Crippen molar-refractivity contribution in [1.29, 1.82) is 0 Å². The van der Waals surface area contributed by atoms with Crippen molar-refractivity contribution >= 4 is 11.9 Å². The number of hydrogen-bond donors (Lipinski definition) is 0. The Morgan fingerprint density at radius 1 is 1.31 bits per heavy atom. The molecule has 0 saturated heterocycles. The van der Waals surface area contributed by atoms with Crippen LogP contribution >= 0.6 is 0 Å². The van der Waals surface area contributed by atoms with Crippen LogP contribution in [0.5, 0.6) is 0 Å². The van der Waals surface area contributed by atoms with E-state index >= 15 is 0 Å². The summed E-state index contributed by atoms with van der Waals surface area (Å²) in [6.07, 6.45) is 7.18. The number of rotatable bonds is 4. The van der Waals surface area contributed by atoms with Crippen LogP contribution in [0.3, 0.4) is 0 Å². The molecule has 1 fully saturated rings. The Morgan fingerprint density at radius 2 is 2.12 bits per heavy atom. The molecule has 0 aromatic heterocycles. The summed E-state index contributed by atoms with van der Waals surface area (Å²) in [5, 5.41) is 0.